The SMILES string of the molecule is Cc1cnc2c(c1)-n1c(=O)n(-c3ccccc3)c(=O)n1CC2n1[nH]c(=O)n(-c2ccccc2)c1=O. The lowest BCUT2D eigenvalue weighted by Crippen LogP contribution is -2.40. The quantitative estimate of drug-likeness (QED) is 0.418. The van der Waals surface area contributed by atoms with Crippen molar-refractivity contribution in [1.29, 1.82) is 0 Å². The molecule has 1 atom stereocenters. The summed E-state index contributed by atoms with van der Waals surface area (Å²) in [5.41, 5.74) is 0.0476. The van der Waals surface area contributed by atoms with Crippen LogP contribution in [0.15, 0.2) is 92.1 Å². The molecule has 0 saturated carbocycles. The summed E-state index contributed by atoms with van der Waals surface area (Å²) < 4.78 is 5.81. The van der Waals surface area contributed by atoms with Crippen LogP contribution in [0.1, 0.15) is 17.3 Å². The van der Waals surface area contributed by atoms with Gasteiger partial charge in [0.2, 0.25) is 0 Å². The molecule has 0 radical (unpaired) electrons. The molecule has 2 aromatic carbocycles. The van der Waals surface area contributed by atoms with E-state index in [-0.39, 0.29) is 6.54 Å². The molecule has 3 aromatic heterocycles. The van der Waals surface area contributed by atoms with E-state index in [0.717, 1.165) is 19.4 Å². The van der Waals surface area contributed by atoms with Crippen molar-refractivity contribution in [2.24, 2.45) is 0 Å². The predicted octanol–water partition coefficient (Wildman–Crippen LogP) is 0.737. The molecule has 0 aliphatic carbocycles. The van der Waals surface area contributed by atoms with Crippen LogP contribution >= 0.6 is 0 Å². The molecule has 1 N–H and O–H groups in total. The number of nitrogens with zero attached hydrogens (tertiary/aromatic N) is 6. The highest BCUT2D eigenvalue weighted by Gasteiger charge is 2.34. The lowest BCUT2D eigenvalue weighted by Gasteiger charge is -2.26. The topological polar surface area (TPSA) is 122 Å². The monoisotopic (exact) mass is 469 g/mol. The third-order valence-electron chi connectivity index (χ3n) is 6.11. The molecule has 0 bridgehead atoms. The van der Waals surface area contributed by atoms with Crippen molar-refractivity contribution in [2.45, 2.75) is 19.5 Å². The van der Waals surface area contributed by atoms with Crippen LogP contribution in [0.5, 0.6) is 0 Å². The van der Waals surface area contributed by atoms with Gasteiger partial charge in [0.15, 0.2) is 0 Å². The van der Waals surface area contributed by atoms with E-state index in [9.17, 15) is 19.2 Å². The second kappa shape index (κ2) is 7.55. The molecular weight excluding hydrogens is 450 g/mol. The van der Waals surface area contributed by atoms with E-state index in [1.807, 2.05) is 6.92 Å². The second-order valence-electron chi connectivity index (χ2n) is 8.30. The summed E-state index contributed by atoms with van der Waals surface area (Å²) in [7, 11) is 0. The van der Waals surface area contributed by atoms with Gasteiger partial charge in [-0.15, -0.1) is 0 Å². The fraction of sp³-hybridized carbons (Fsp3) is 0.125. The van der Waals surface area contributed by atoms with Gasteiger partial charge in [-0.25, -0.2) is 42.8 Å². The molecule has 0 spiro atoms. The lowest BCUT2D eigenvalue weighted by molar-refractivity contribution is 0.358. The molecule has 1 aliphatic rings. The number of benzene rings is 2. The number of para-hydroxylation sites is 2. The summed E-state index contributed by atoms with van der Waals surface area (Å²) >= 11 is 0. The molecular formula is C24H19N7O4. The Morgan fingerprint density at radius 1 is 0.829 bits per heavy atom. The Morgan fingerprint density at radius 3 is 2.11 bits per heavy atom. The molecule has 0 amide bonds. The Morgan fingerprint density at radius 2 is 1.46 bits per heavy atom. The fourth-order valence-corrected chi connectivity index (χ4v) is 4.53. The number of aromatic amines is 1. The van der Waals surface area contributed by atoms with Crippen molar-refractivity contribution >= 4 is 0 Å². The molecule has 11 heteroatoms. The first kappa shape index (κ1) is 20.7. The average molecular weight is 469 g/mol. The number of hydrogen-bond acceptors (Lipinski definition) is 5. The third kappa shape index (κ3) is 3.01. The third-order valence-corrected chi connectivity index (χ3v) is 6.11. The van der Waals surface area contributed by atoms with Crippen LogP contribution in [0.4, 0.5) is 0 Å². The summed E-state index contributed by atoms with van der Waals surface area (Å²) in [6.45, 7) is 1.74. The van der Waals surface area contributed by atoms with Crippen LogP contribution in [0.3, 0.4) is 0 Å². The molecule has 0 fully saturated rings. The Labute approximate surface area is 196 Å². The van der Waals surface area contributed by atoms with Crippen molar-refractivity contribution in [1.82, 2.24) is 33.3 Å². The Hall–Kier alpha value is -4.93. The van der Waals surface area contributed by atoms with Crippen LogP contribution in [0.2, 0.25) is 0 Å². The first-order valence-corrected chi connectivity index (χ1v) is 10.9. The van der Waals surface area contributed by atoms with Gasteiger partial charge in [0, 0.05) is 6.20 Å². The van der Waals surface area contributed by atoms with Gasteiger partial charge in [-0.1, -0.05) is 36.4 Å². The van der Waals surface area contributed by atoms with Crippen molar-refractivity contribution in [3.05, 3.63) is 126 Å². The number of H-pyrrole nitrogens is 1. The van der Waals surface area contributed by atoms with Gasteiger partial charge in [-0.3, -0.25) is 4.98 Å². The molecule has 1 unspecified atom stereocenters. The van der Waals surface area contributed by atoms with Gasteiger partial charge >= 0.3 is 22.8 Å². The number of aromatic nitrogens is 7. The largest absolute Gasteiger partial charge is 0.356 e. The highest BCUT2D eigenvalue weighted by Crippen LogP contribution is 2.27. The van der Waals surface area contributed by atoms with E-state index in [4.69, 9.17) is 0 Å². The van der Waals surface area contributed by atoms with E-state index in [1.54, 1.807) is 72.9 Å². The van der Waals surface area contributed by atoms with Crippen LogP contribution in [-0.2, 0) is 6.54 Å². The van der Waals surface area contributed by atoms with Crippen molar-refractivity contribution in [3.8, 4) is 17.1 Å². The van der Waals surface area contributed by atoms with Gasteiger partial charge in [0.05, 0.1) is 29.3 Å². The van der Waals surface area contributed by atoms with Gasteiger partial charge in [-0.05, 0) is 42.8 Å². The molecule has 0 saturated heterocycles. The number of pyridine rings is 1. The minimum absolute atomic E-state index is 0.0778. The first-order chi connectivity index (χ1) is 17.0. The number of nitrogens with one attached hydrogen (secondary N) is 1. The number of fused-ring (bicyclic) bond motifs is 3. The molecule has 6 rings (SSSR count). The molecule has 174 valence electrons. The van der Waals surface area contributed by atoms with Crippen molar-refractivity contribution < 1.29 is 0 Å². The van der Waals surface area contributed by atoms with E-state index in [2.05, 4.69) is 10.1 Å². The maximum absolute atomic E-state index is 13.4. The smallest absolute Gasteiger partial charge is 0.256 e. The zero-order valence-corrected chi connectivity index (χ0v) is 18.5. The Bertz CT molecular complexity index is 1820. The van der Waals surface area contributed by atoms with E-state index in [1.165, 1.54) is 9.36 Å². The Kier molecular flexibility index (Phi) is 4.46. The highest BCUT2D eigenvalue weighted by atomic mass is 16.2. The van der Waals surface area contributed by atoms with E-state index >= 15 is 0 Å². The summed E-state index contributed by atoms with van der Waals surface area (Å²) in [5.74, 6) is 0. The van der Waals surface area contributed by atoms with Crippen LogP contribution in [0, 0.1) is 6.92 Å². The zero-order chi connectivity index (χ0) is 24.3. The summed E-state index contributed by atoms with van der Waals surface area (Å²) in [5, 5.41) is 2.60. The summed E-state index contributed by atoms with van der Waals surface area (Å²) in [6.07, 6.45) is 1.62. The number of aryl methyl sites for hydroxylation is 1. The lowest BCUT2D eigenvalue weighted by atomic mass is 10.1. The fourth-order valence-electron chi connectivity index (χ4n) is 4.53. The molecule has 5 aromatic rings. The maximum atomic E-state index is 13.4. The molecule has 11 nitrogen and oxygen atoms in total. The number of hydrogen-bond donors (Lipinski definition) is 1. The second-order valence-corrected chi connectivity index (χ2v) is 8.30. The first-order valence-electron chi connectivity index (χ1n) is 10.9. The van der Waals surface area contributed by atoms with Crippen LogP contribution < -0.4 is 22.8 Å². The highest BCUT2D eigenvalue weighted by molar-refractivity contribution is 5.43. The van der Waals surface area contributed by atoms with E-state index in [0.29, 0.717) is 22.8 Å². The molecule has 1 aliphatic heterocycles. The summed E-state index contributed by atoms with van der Waals surface area (Å²) in [6, 6.07) is 18.1. The van der Waals surface area contributed by atoms with Crippen molar-refractivity contribution in [3.63, 3.8) is 0 Å². The predicted molar refractivity (Wildman–Crippen MR) is 127 cm³/mol. The van der Waals surface area contributed by atoms with Gasteiger partial charge in [0.25, 0.3) is 0 Å². The average Bonchev–Trinajstić information content (AvgIpc) is 3.30. The Balaban J connectivity index is 1.60. The molecule has 35 heavy (non-hydrogen) atoms. The standard InChI is InChI=1S/C24H19N7O4/c1-15-12-18-20(25-13-15)19(30-23(34)28(21(32)26-30)16-8-4-2-5-9-16)14-27-22(33)29(24(35)31(18)27)17-10-6-3-7-11-17/h2-13,19H,14H2,1H3,(H,26,32). The van der Waals surface area contributed by atoms with Gasteiger partial charge in [0.1, 0.15) is 6.04 Å². The van der Waals surface area contributed by atoms with Crippen LogP contribution in [-0.4, -0.2) is 33.3 Å². The van der Waals surface area contributed by atoms with Gasteiger partial charge in [-0.2, -0.15) is 4.68 Å². The minimum Gasteiger partial charge on any atom is -0.256 e. The van der Waals surface area contributed by atoms with Gasteiger partial charge < -0.3 is 0 Å². The number of rotatable bonds is 3. The van der Waals surface area contributed by atoms with Crippen molar-refractivity contribution in [2.75, 3.05) is 0 Å². The minimum atomic E-state index is -0.820. The summed E-state index contributed by atoms with van der Waals surface area (Å²) in [4.78, 5) is 57.4. The normalized spacial score (nSPS) is 14.5. The molecule has 4 heterocycles. The maximum Gasteiger partial charge on any atom is 0.356 e. The van der Waals surface area contributed by atoms with Crippen LogP contribution in [0.25, 0.3) is 17.1 Å². The zero-order valence-electron chi connectivity index (χ0n) is 18.5. The van der Waals surface area contributed by atoms with E-state index < -0.39 is 28.8 Å².